The Morgan fingerprint density at radius 2 is 1.31 bits per heavy atom. The molecule has 0 aliphatic heterocycles. The third-order valence-corrected chi connectivity index (χ3v) is 8.20. The van der Waals surface area contributed by atoms with Gasteiger partial charge in [-0.2, -0.15) is 0 Å². The van der Waals surface area contributed by atoms with Gasteiger partial charge in [-0.1, -0.05) is 94.3 Å². The molecule has 1 aliphatic carbocycles. The van der Waals surface area contributed by atoms with Crippen LogP contribution in [0.4, 0.5) is 0 Å². The number of ether oxygens (including phenoxy) is 3. The Kier molecular flexibility index (Phi) is 13.0. The molecular weight excluding hydrogens is 524 g/mol. The van der Waals surface area contributed by atoms with Crippen LogP contribution in [-0.4, -0.2) is 18.5 Å². The first-order valence-corrected chi connectivity index (χ1v) is 15.9. The molecule has 3 aromatic rings. The van der Waals surface area contributed by atoms with Crippen molar-refractivity contribution in [1.29, 1.82) is 0 Å². The van der Waals surface area contributed by atoms with Crippen LogP contribution < -0.4 is 9.47 Å². The van der Waals surface area contributed by atoms with Crippen molar-refractivity contribution < 1.29 is 23.8 Å². The molecule has 1 saturated carbocycles. The van der Waals surface area contributed by atoms with Gasteiger partial charge in [0.15, 0.2) is 0 Å². The maximum absolute atomic E-state index is 12.8. The van der Waals surface area contributed by atoms with Crippen LogP contribution in [0.25, 0.3) is 0 Å². The van der Waals surface area contributed by atoms with Crippen molar-refractivity contribution in [1.82, 2.24) is 0 Å². The van der Waals surface area contributed by atoms with Gasteiger partial charge in [0.25, 0.3) is 0 Å². The van der Waals surface area contributed by atoms with Gasteiger partial charge < -0.3 is 14.2 Å². The average Bonchev–Trinajstić information content (AvgIpc) is 3.04. The summed E-state index contributed by atoms with van der Waals surface area (Å²) in [6.45, 7) is 3.26. The molecule has 4 rings (SSSR count). The zero-order valence-corrected chi connectivity index (χ0v) is 25.1. The molecule has 0 spiro atoms. The summed E-state index contributed by atoms with van der Waals surface area (Å²) in [5.41, 5.74) is 2.67. The molecule has 0 amide bonds. The SMILES string of the molecule is CCCCCCCCCCOc1ccc(C2CCC(C(=O)Oc3ccc(C(=O)OCc4ccccc4)cc3)CC2)cc1. The normalized spacial score (nSPS) is 16.5. The largest absolute Gasteiger partial charge is 0.494 e. The Bertz CT molecular complexity index is 1200. The smallest absolute Gasteiger partial charge is 0.338 e. The second-order valence-electron chi connectivity index (χ2n) is 11.4. The Hall–Kier alpha value is -3.60. The van der Waals surface area contributed by atoms with Crippen molar-refractivity contribution >= 4 is 11.9 Å². The molecule has 0 bridgehead atoms. The topological polar surface area (TPSA) is 61.8 Å². The summed E-state index contributed by atoms with van der Waals surface area (Å²) >= 11 is 0. The van der Waals surface area contributed by atoms with Gasteiger partial charge in [0, 0.05) is 0 Å². The number of hydrogen-bond acceptors (Lipinski definition) is 5. The van der Waals surface area contributed by atoms with E-state index in [9.17, 15) is 9.59 Å². The van der Waals surface area contributed by atoms with Crippen molar-refractivity contribution in [3.63, 3.8) is 0 Å². The molecule has 0 heterocycles. The van der Waals surface area contributed by atoms with Gasteiger partial charge in [0.2, 0.25) is 0 Å². The molecule has 224 valence electrons. The summed E-state index contributed by atoms with van der Waals surface area (Å²) in [4.78, 5) is 25.2. The third-order valence-electron chi connectivity index (χ3n) is 8.20. The van der Waals surface area contributed by atoms with E-state index >= 15 is 0 Å². The van der Waals surface area contributed by atoms with E-state index in [4.69, 9.17) is 14.2 Å². The summed E-state index contributed by atoms with van der Waals surface area (Å²) < 4.78 is 17.0. The van der Waals surface area contributed by atoms with Crippen molar-refractivity contribution in [3.8, 4) is 11.5 Å². The first-order chi connectivity index (χ1) is 20.6. The highest BCUT2D eigenvalue weighted by Crippen LogP contribution is 2.37. The second kappa shape index (κ2) is 17.4. The highest BCUT2D eigenvalue weighted by atomic mass is 16.5. The van der Waals surface area contributed by atoms with Gasteiger partial charge in [0.05, 0.1) is 18.1 Å². The summed E-state index contributed by atoms with van der Waals surface area (Å²) in [7, 11) is 0. The minimum absolute atomic E-state index is 0.106. The van der Waals surface area contributed by atoms with Crippen LogP contribution >= 0.6 is 0 Å². The van der Waals surface area contributed by atoms with Crippen LogP contribution in [-0.2, 0) is 16.1 Å². The summed E-state index contributed by atoms with van der Waals surface area (Å²) in [5, 5.41) is 0. The first-order valence-electron chi connectivity index (χ1n) is 15.9. The lowest BCUT2D eigenvalue weighted by molar-refractivity contribution is -0.140. The van der Waals surface area contributed by atoms with Crippen LogP contribution in [0.15, 0.2) is 78.9 Å². The van der Waals surface area contributed by atoms with E-state index in [1.807, 2.05) is 30.3 Å². The van der Waals surface area contributed by atoms with Crippen LogP contribution in [0.1, 0.15) is 111 Å². The minimum Gasteiger partial charge on any atom is -0.494 e. The molecule has 42 heavy (non-hydrogen) atoms. The van der Waals surface area contributed by atoms with Crippen LogP contribution in [0, 0.1) is 5.92 Å². The molecule has 0 radical (unpaired) electrons. The van der Waals surface area contributed by atoms with Crippen LogP contribution in [0.5, 0.6) is 11.5 Å². The van der Waals surface area contributed by atoms with Crippen LogP contribution in [0.2, 0.25) is 0 Å². The average molecular weight is 571 g/mol. The Balaban J connectivity index is 1.12. The van der Waals surface area contributed by atoms with Crippen molar-refractivity contribution in [3.05, 3.63) is 95.6 Å². The number of carbonyl (C=O) groups is 2. The van der Waals surface area contributed by atoms with E-state index in [0.29, 0.717) is 17.2 Å². The van der Waals surface area contributed by atoms with E-state index in [-0.39, 0.29) is 18.5 Å². The fourth-order valence-corrected chi connectivity index (χ4v) is 5.59. The standard InChI is InChI=1S/C37H46O5/c1-2-3-4-5-6-7-8-12-27-40-34-23-19-31(20-24-34)30-15-17-33(18-16-30)37(39)42-35-25-21-32(22-26-35)36(38)41-28-29-13-10-9-11-14-29/h9-11,13-14,19-26,30,33H,2-8,12,15-18,27-28H2,1H3. The maximum Gasteiger partial charge on any atom is 0.338 e. The first kappa shape index (κ1) is 31.3. The van der Waals surface area contributed by atoms with E-state index in [1.165, 1.54) is 50.5 Å². The molecule has 1 aliphatic rings. The highest BCUT2D eigenvalue weighted by Gasteiger charge is 2.28. The zero-order chi connectivity index (χ0) is 29.4. The lowest BCUT2D eigenvalue weighted by atomic mass is 9.79. The van der Waals surface area contributed by atoms with Gasteiger partial charge >= 0.3 is 11.9 Å². The molecule has 3 aromatic carbocycles. The predicted octanol–water partition coefficient (Wildman–Crippen LogP) is 9.44. The van der Waals surface area contributed by atoms with E-state index in [2.05, 4.69) is 31.2 Å². The summed E-state index contributed by atoms with van der Waals surface area (Å²) in [6.07, 6.45) is 13.9. The monoisotopic (exact) mass is 570 g/mol. The van der Waals surface area contributed by atoms with E-state index in [0.717, 1.165) is 50.0 Å². The minimum atomic E-state index is -0.404. The van der Waals surface area contributed by atoms with E-state index in [1.54, 1.807) is 24.3 Å². The quantitative estimate of drug-likeness (QED) is 0.0975. The lowest BCUT2D eigenvalue weighted by Gasteiger charge is -2.27. The molecule has 0 saturated heterocycles. The number of rotatable bonds is 16. The zero-order valence-electron chi connectivity index (χ0n) is 25.1. The second-order valence-corrected chi connectivity index (χ2v) is 11.4. The highest BCUT2D eigenvalue weighted by molar-refractivity contribution is 5.89. The van der Waals surface area contributed by atoms with Crippen LogP contribution in [0.3, 0.4) is 0 Å². The van der Waals surface area contributed by atoms with Gasteiger partial charge in [-0.3, -0.25) is 4.79 Å². The molecule has 1 fully saturated rings. The van der Waals surface area contributed by atoms with Gasteiger partial charge in [-0.25, -0.2) is 4.79 Å². The number of carbonyl (C=O) groups excluding carboxylic acids is 2. The van der Waals surface area contributed by atoms with E-state index < -0.39 is 5.97 Å². The van der Waals surface area contributed by atoms with Gasteiger partial charge in [-0.05, 0) is 85.5 Å². The molecule has 0 N–H and O–H groups in total. The van der Waals surface area contributed by atoms with Gasteiger partial charge in [0.1, 0.15) is 18.1 Å². The number of benzene rings is 3. The number of unbranched alkanes of at least 4 members (excludes halogenated alkanes) is 7. The number of hydrogen-bond donors (Lipinski definition) is 0. The molecular formula is C37H46O5. The molecule has 5 heteroatoms. The molecule has 5 nitrogen and oxygen atoms in total. The predicted molar refractivity (Wildman–Crippen MR) is 167 cm³/mol. The summed E-state index contributed by atoms with van der Waals surface area (Å²) in [5.74, 6) is 1.14. The van der Waals surface area contributed by atoms with Crippen molar-refractivity contribution in [2.45, 2.75) is 96.5 Å². The fourth-order valence-electron chi connectivity index (χ4n) is 5.59. The number of esters is 2. The Morgan fingerprint density at radius 1 is 0.690 bits per heavy atom. The molecule has 0 atom stereocenters. The molecule has 0 aromatic heterocycles. The van der Waals surface area contributed by atoms with Crippen molar-refractivity contribution in [2.24, 2.45) is 5.92 Å². The molecule has 0 unspecified atom stereocenters. The Morgan fingerprint density at radius 3 is 1.98 bits per heavy atom. The third kappa shape index (κ3) is 10.3. The Labute approximate surface area is 251 Å². The van der Waals surface area contributed by atoms with Crippen molar-refractivity contribution in [2.75, 3.05) is 6.61 Å². The van der Waals surface area contributed by atoms with Gasteiger partial charge in [-0.15, -0.1) is 0 Å². The summed E-state index contributed by atoms with van der Waals surface area (Å²) in [6, 6.07) is 24.7. The maximum atomic E-state index is 12.8. The lowest BCUT2D eigenvalue weighted by Crippen LogP contribution is -2.25. The fraction of sp³-hybridized carbons (Fsp3) is 0.459.